The van der Waals surface area contributed by atoms with Crippen molar-refractivity contribution in [2.75, 3.05) is 6.54 Å². The van der Waals surface area contributed by atoms with Crippen LogP contribution in [0.4, 0.5) is 8.78 Å². The first kappa shape index (κ1) is 14.0. The second-order valence-corrected chi connectivity index (χ2v) is 5.92. The van der Waals surface area contributed by atoms with Crippen LogP contribution in [-0.2, 0) is 16.1 Å². The third-order valence-corrected chi connectivity index (χ3v) is 3.86. The molecule has 6 heteroatoms. The van der Waals surface area contributed by atoms with E-state index >= 15 is 0 Å². The molecule has 19 heavy (non-hydrogen) atoms. The summed E-state index contributed by atoms with van der Waals surface area (Å²) in [5, 5.41) is -0.141. The van der Waals surface area contributed by atoms with E-state index in [4.69, 9.17) is 0 Å². The Bertz CT molecular complexity index is 521. The third kappa shape index (κ3) is 3.53. The molecule has 102 valence electrons. The van der Waals surface area contributed by atoms with Crippen LogP contribution in [0.1, 0.15) is 18.9 Å². The fourth-order valence-corrected chi connectivity index (χ4v) is 3.02. The zero-order valence-corrected chi connectivity index (χ0v) is 11.2. The Balaban J connectivity index is 2.05. The molecule has 2 rings (SSSR count). The number of benzene rings is 1. The molecule has 1 unspecified atom stereocenters. The van der Waals surface area contributed by atoms with Crippen molar-refractivity contribution in [3.63, 3.8) is 0 Å². The molecule has 1 aliphatic heterocycles. The topological polar surface area (TPSA) is 37.4 Å². The number of carbonyl (C=O) groups excluding carboxylic acids is 2. The molecule has 1 atom stereocenters. The summed E-state index contributed by atoms with van der Waals surface area (Å²) in [6, 6.07) is 3.18. The summed E-state index contributed by atoms with van der Waals surface area (Å²) in [4.78, 5) is 24.2. The van der Waals surface area contributed by atoms with E-state index in [9.17, 15) is 18.4 Å². The van der Waals surface area contributed by atoms with Crippen molar-refractivity contribution >= 4 is 22.8 Å². The molecule has 0 spiro atoms. The first-order valence-corrected chi connectivity index (χ1v) is 6.72. The summed E-state index contributed by atoms with van der Waals surface area (Å²) in [6.45, 7) is 1.88. The molecule has 1 aromatic rings. The molecule has 1 aliphatic rings. The van der Waals surface area contributed by atoms with Crippen molar-refractivity contribution in [1.29, 1.82) is 0 Å². The zero-order valence-electron chi connectivity index (χ0n) is 10.4. The van der Waals surface area contributed by atoms with E-state index in [1.54, 1.807) is 0 Å². The predicted octanol–water partition coefficient (Wildman–Crippen LogP) is 2.35. The Kier molecular flexibility index (Phi) is 4.19. The second kappa shape index (κ2) is 5.69. The van der Waals surface area contributed by atoms with Crippen molar-refractivity contribution in [3.8, 4) is 0 Å². The van der Waals surface area contributed by atoms with Crippen LogP contribution in [0.2, 0.25) is 0 Å². The minimum Gasteiger partial charge on any atom is -0.337 e. The van der Waals surface area contributed by atoms with Gasteiger partial charge in [0.1, 0.15) is 11.6 Å². The number of thioether (sulfide) groups is 1. The Hall–Kier alpha value is -1.43. The molecule has 0 aromatic heterocycles. The van der Waals surface area contributed by atoms with Crippen LogP contribution >= 0.6 is 11.8 Å². The quantitative estimate of drug-likeness (QED) is 0.855. The first-order chi connectivity index (χ1) is 8.95. The van der Waals surface area contributed by atoms with E-state index in [0.717, 1.165) is 30.0 Å². The summed E-state index contributed by atoms with van der Waals surface area (Å²) in [5.41, 5.74) is 0.154. The average molecular weight is 285 g/mol. The molecule has 0 N–H and O–H groups in total. The van der Waals surface area contributed by atoms with Crippen LogP contribution in [0.5, 0.6) is 0 Å². The standard InChI is InChI=1S/C13H13F2NO2S/c1-8(17)19-11-5-13(18)16(7-11)6-9-4-10(14)2-3-12(9)15/h2-4,11H,5-7H2,1H3. The van der Waals surface area contributed by atoms with Gasteiger partial charge >= 0.3 is 0 Å². The highest BCUT2D eigenvalue weighted by molar-refractivity contribution is 8.14. The van der Waals surface area contributed by atoms with E-state index < -0.39 is 11.6 Å². The molecule has 0 aliphatic carbocycles. The molecule has 3 nitrogen and oxygen atoms in total. The normalized spacial score (nSPS) is 19.0. The van der Waals surface area contributed by atoms with Crippen molar-refractivity contribution < 1.29 is 18.4 Å². The highest BCUT2D eigenvalue weighted by atomic mass is 32.2. The fraction of sp³-hybridized carbons (Fsp3) is 0.385. The lowest BCUT2D eigenvalue weighted by Crippen LogP contribution is -2.25. The van der Waals surface area contributed by atoms with Crippen LogP contribution in [0.15, 0.2) is 18.2 Å². The van der Waals surface area contributed by atoms with Gasteiger partial charge in [-0.2, -0.15) is 0 Å². The molecule has 1 amide bonds. The minimum absolute atomic E-state index is 0.0391. The number of hydrogen-bond acceptors (Lipinski definition) is 3. The van der Waals surface area contributed by atoms with Crippen LogP contribution < -0.4 is 0 Å². The molecule has 1 aromatic carbocycles. The average Bonchev–Trinajstić information content (AvgIpc) is 2.63. The SMILES string of the molecule is CC(=O)SC1CC(=O)N(Cc2cc(F)ccc2F)C1. The number of rotatable bonds is 3. The molecule has 1 heterocycles. The van der Waals surface area contributed by atoms with Crippen LogP contribution in [0, 0.1) is 11.6 Å². The summed E-state index contributed by atoms with van der Waals surface area (Å²) in [6.07, 6.45) is 0.265. The molecule has 0 saturated carbocycles. The number of likely N-dealkylation sites (tertiary alicyclic amines) is 1. The molecule has 0 radical (unpaired) electrons. The Morgan fingerprint density at radius 1 is 1.47 bits per heavy atom. The third-order valence-electron chi connectivity index (χ3n) is 2.88. The highest BCUT2D eigenvalue weighted by Crippen LogP contribution is 2.26. The fourth-order valence-electron chi connectivity index (χ4n) is 2.07. The number of halogens is 2. The Morgan fingerprint density at radius 3 is 2.89 bits per heavy atom. The van der Waals surface area contributed by atoms with E-state index in [2.05, 4.69) is 0 Å². The predicted molar refractivity (Wildman–Crippen MR) is 68.5 cm³/mol. The Labute approximate surface area is 114 Å². The first-order valence-electron chi connectivity index (χ1n) is 5.84. The van der Waals surface area contributed by atoms with Crippen molar-refractivity contribution in [2.45, 2.75) is 25.1 Å². The highest BCUT2D eigenvalue weighted by Gasteiger charge is 2.31. The van der Waals surface area contributed by atoms with E-state index in [0.29, 0.717) is 6.54 Å². The summed E-state index contributed by atoms with van der Waals surface area (Å²) in [5.74, 6) is -1.20. The van der Waals surface area contributed by atoms with Gasteiger partial charge in [-0.15, -0.1) is 0 Å². The number of hydrogen-bond donors (Lipinski definition) is 0. The van der Waals surface area contributed by atoms with Gasteiger partial charge in [0.15, 0.2) is 5.12 Å². The van der Waals surface area contributed by atoms with Gasteiger partial charge in [-0.3, -0.25) is 9.59 Å². The molecule has 0 bridgehead atoms. The summed E-state index contributed by atoms with van der Waals surface area (Å²) >= 11 is 1.12. The van der Waals surface area contributed by atoms with Crippen LogP contribution in [0.3, 0.4) is 0 Å². The molecular formula is C13H13F2NO2S. The smallest absolute Gasteiger partial charge is 0.224 e. The molecule has 1 saturated heterocycles. The van der Waals surface area contributed by atoms with Gasteiger partial charge in [0.25, 0.3) is 0 Å². The van der Waals surface area contributed by atoms with Gasteiger partial charge in [-0.05, 0) is 18.2 Å². The van der Waals surface area contributed by atoms with E-state index in [-0.39, 0.29) is 34.8 Å². The van der Waals surface area contributed by atoms with Crippen molar-refractivity contribution in [1.82, 2.24) is 4.90 Å². The minimum atomic E-state index is -0.531. The van der Waals surface area contributed by atoms with E-state index in [1.165, 1.54) is 11.8 Å². The van der Waals surface area contributed by atoms with Crippen molar-refractivity contribution in [2.24, 2.45) is 0 Å². The summed E-state index contributed by atoms with van der Waals surface area (Å²) in [7, 11) is 0. The molecule has 1 fully saturated rings. The van der Waals surface area contributed by atoms with Gasteiger partial charge in [-0.1, -0.05) is 11.8 Å². The number of amides is 1. The zero-order chi connectivity index (χ0) is 14.0. The van der Waals surface area contributed by atoms with Gasteiger partial charge in [0, 0.05) is 37.2 Å². The summed E-state index contributed by atoms with van der Waals surface area (Å²) < 4.78 is 26.5. The van der Waals surface area contributed by atoms with Crippen LogP contribution in [0.25, 0.3) is 0 Å². The monoisotopic (exact) mass is 285 g/mol. The lowest BCUT2D eigenvalue weighted by Gasteiger charge is -2.16. The van der Waals surface area contributed by atoms with Gasteiger partial charge in [0.05, 0.1) is 0 Å². The van der Waals surface area contributed by atoms with Gasteiger partial charge in [-0.25, -0.2) is 8.78 Å². The number of carbonyl (C=O) groups is 2. The Morgan fingerprint density at radius 2 is 2.21 bits per heavy atom. The van der Waals surface area contributed by atoms with E-state index in [1.807, 2.05) is 0 Å². The largest absolute Gasteiger partial charge is 0.337 e. The number of nitrogens with zero attached hydrogens (tertiary/aromatic N) is 1. The second-order valence-electron chi connectivity index (χ2n) is 4.45. The lowest BCUT2D eigenvalue weighted by atomic mass is 10.2. The molecular weight excluding hydrogens is 272 g/mol. The van der Waals surface area contributed by atoms with Crippen LogP contribution in [-0.4, -0.2) is 27.7 Å². The van der Waals surface area contributed by atoms with Gasteiger partial charge < -0.3 is 4.90 Å². The van der Waals surface area contributed by atoms with Crippen molar-refractivity contribution in [3.05, 3.63) is 35.4 Å². The maximum atomic E-state index is 13.5. The van der Waals surface area contributed by atoms with Gasteiger partial charge in [0.2, 0.25) is 5.91 Å². The lowest BCUT2D eigenvalue weighted by molar-refractivity contribution is -0.128. The maximum absolute atomic E-state index is 13.5. The maximum Gasteiger partial charge on any atom is 0.224 e.